The third kappa shape index (κ3) is 5.52. The summed E-state index contributed by atoms with van der Waals surface area (Å²) >= 11 is 0. The van der Waals surface area contributed by atoms with Crippen LogP contribution in [0.25, 0.3) is 0 Å². The second-order valence-electron chi connectivity index (χ2n) is 7.75. The van der Waals surface area contributed by atoms with Crippen LogP contribution < -0.4 is 0 Å². The molecule has 0 spiro atoms. The van der Waals surface area contributed by atoms with Crippen molar-refractivity contribution >= 4 is 11.9 Å². The van der Waals surface area contributed by atoms with Gasteiger partial charge in [0.15, 0.2) is 11.1 Å². The number of nitrogens with zero attached hydrogens (tertiary/aromatic N) is 2. The van der Waals surface area contributed by atoms with E-state index in [4.69, 9.17) is 0 Å². The molecule has 0 saturated heterocycles. The van der Waals surface area contributed by atoms with E-state index in [-0.39, 0.29) is 0 Å². The molecule has 0 aromatic rings. The maximum absolute atomic E-state index is 12.3. The SMILES string of the molecule is CCCCC(CC)(CCCC)C(C)(/N=N/C(C)(CCC)C(=O)O)C(=O)O. The molecule has 0 fully saturated rings. The first-order valence-electron chi connectivity index (χ1n) is 10.00. The largest absolute Gasteiger partial charge is 0.479 e. The quantitative estimate of drug-likeness (QED) is 0.383. The van der Waals surface area contributed by atoms with E-state index in [1.807, 2.05) is 13.8 Å². The van der Waals surface area contributed by atoms with Gasteiger partial charge in [-0.3, -0.25) is 0 Å². The van der Waals surface area contributed by atoms with Crippen molar-refractivity contribution in [2.45, 2.75) is 110 Å². The molecule has 0 rings (SSSR count). The summed E-state index contributed by atoms with van der Waals surface area (Å²) in [4.78, 5) is 24.0. The highest BCUT2D eigenvalue weighted by Gasteiger charge is 2.53. The molecule has 0 aromatic heterocycles. The van der Waals surface area contributed by atoms with Crippen LogP contribution in [0.15, 0.2) is 10.2 Å². The molecule has 6 heteroatoms. The maximum Gasteiger partial charge on any atom is 0.333 e. The fourth-order valence-corrected chi connectivity index (χ4v) is 3.61. The van der Waals surface area contributed by atoms with Crippen LogP contribution in [0, 0.1) is 5.41 Å². The van der Waals surface area contributed by atoms with E-state index in [0.29, 0.717) is 19.3 Å². The van der Waals surface area contributed by atoms with Crippen molar-refractivity contribution in [3.05, 3.63) is 0 Å². The lowest BCUT2D eigenvalue weighted by molar-refractivity contribution is -0.150. The van der Waals surface area contributed by atoms with Crippen LogP contribution in [0.4, 0.5) is 0 Å². The van der Waals surface area contributed by atoms with Gasteiger partial charge < -0.3 is 10.2 Å². The topological polar surface area (TPSA) is 99.3 Å². The summed E-state index contributed by atoms with van der Waals surface area (Å²) in [6.45, 7) is 11.2. The summed E-state index contributed by atoms with van der Waals surface area (Å²) in [7, 11) is 0. The highest BCUT2D eigenvalue weighted by Crippen LogP contribution is 2.47. The normalized spacial score (nSPS) is 17.0. The van der Waals surface area contributed by atoms with Crippen LogP contribution in [0.1, 0.15) is 99.3 Å². The fraction of sp³-hybridized carbons (Fsp3) is 0.900. The van der Waals surface area contributed by atoms with E-state index < -0.39 is 28.4 Å². The number of unbranched alkanes of at least 4 members (excludes halogenated alkanes) is 2. The standard InChI is InChI=1S/C20H38N2O4/c1-7-11-14-20(10-4,15-12-8-2)19(6,17(25)26)22-21-18(5,13-9-3)16(23)24/h7-15H2,1-6H3,(H,23,24)(H,25,26)/b22-21+. The van der Waals surface area contributed by atoms with Crippen molar-refractivity contribution in [2.75, 3.05) is 0 Å². The van der Waals surface area contributed by atoms with Crippen LogP contribution in [0.5, 0.6) is 0 Å². The van der Waals surface area contributed by atoms with Gasteiger partial charge in [0.2, 0.25) is 0 Å². The molecule has 26 heavy (non-hydrogen) atoms. The number of azo groups is 1. The van der Waals surface area contributed by atoms with Gasteiger partial charge in [0.05, 0.1) is 0 Å². The average molecular weight is 371 g/mol. The Morgan fingerprint density at radius 2 is 1.27 bits per heavy atom. The molecule has 0 radical (unpaired) electrons. The van der Waals surface area contributed by atoms with Crippen molar-refractivity contribution in [3.63, 3.8) is 0 Å². The van der Waals surface area contributed by atoms with Crippen molar-refractivity contribution in [2.24, 2.45) is 15.6 Å². The molecule has 0 bridgehead atoms. The van der Waals surface area contributed by atoms with E-state index in [1.54, 1.807) is 6.92 Å². The second-order valence-corrected chi connectivity index (χ2v) is 7.75. The van der Waals surface area contributed by atoms with Gasteiger partial charge in [0.25, 0.3) is 0 Å². The fourth-order valence-electron chi connectivity index (χ4n) is 3.61. The Morgan fingerprint density at radius 1 is 0.769 bits per heavy atom. The lowest BCUT2D eigenvalue weighted by Gasteiger charge is -2.43. The van der Waals surface area contributed by atoms with Gasteiger partial charge in [-0.05, 0) is 39.5 Å². The van der Waals surface area contributed by atoms with Crippen LogP contribution in [0.3, 0.4) is 0 Å². The summed E-state index contributed by atoms with van der Waals surface area (Å²) < 4.78 is 0. The van der Waals surface area contributed by atoms with Crippen LogP contribution >= 0.6 is 0 Å². The molecular weight excluding hydrogens is 332 g/mol. The summed E-state index contributed by atoms with van der Waals surface area (Å²) in [6, 6.07) is 0. The first-order valence-corrected chi connectivity index (χ1v) is 10.00. The van der Waals surface area contributed by atoms with E-state index in [2.05, 4.69) is 24.1 Å². The Balaban J connectivity index is 6.14. The van der Waals surface area contributed by atoms with Gasteiger partial charge in [-0.25, -0.2) is 9.59 Å². The zero-order valence-corrected chi connectivity index (χ0v) is 17.5. The van der Waals surface area contributed by atoms with E-state index >= 15 is 0 Å². The first-order chi connectivity index (χ1) is 12.1. The van der Waals surface area contributed by atoms with Crippen molar-refractivity contribution in [3.8, 4) is 0 Å². The minimum absolute atomic E-state index is 0.324. The Bertz CT molecular complexity index is 484. The zero-order chi connectivity index (χ0) is 20.4. The molecule has 2 unspecified atom stereocenters. The van der Waals surface area contributed by atoms with E-state index in [1.165, 1.54) is 6.92 Å². The van der Waals surface area contributed by atoms with E-state index in [0.717, 1.165) is 38.5 Å². The van der Waals surface area contributed by atoms with Crippen molar-refractivity contribution < 1.29 is 19.8 Å². The minimum atomic E-state index is -1.43. The Labute approximate surface area is 158 Å². The molecule has 0 aliphatic carbocycles. The number of hydrogen-bond acceptors (Lipinski definition) is 4. The Kier molecular flexibility index (Phi) is 10.0. The number of carboxylic acids is 2. The lowest BCUT2D eigenvalue weighted by atomic mass is 9.63. The predicted molar refractivity (Wildman–Crippen MR) is 104 cm³/mol. The average Bonchev–Trinajstić information content (AvgIpc) is 2.60. The summed E-state index contributed by atoms with van der Waals surface area (Å²) in [5.41, 5.74) is -3.35. The molecule has 2 atom stereocenters. The molecule has 0 aliphatic heterocycles. The van der Waals surface area contributed by atoms with Gasteiger partial charge >= 0.3 is 11.9 Å². The molecule has 152 valence electrons. The molecule has 6 nitrogen and oxygen atoms in total. The highest BCUT2D eigenvalue weighted by molar-refractivity contribution is 5.80. The number of rotatable bonds is 14. The summed E-state index contributed by atoms with van der Waals surface area (Å²) in [5, 5.41) is 28.0. The van der Waals surface area contributed by atoms with Crippen LogP contribution in [-0.2, 0) is 9.59 Å². The number of hydrogen-bond donors (Lipinski definition) is 2. The van der Waals surface area contributed by atoms with E-state index in [9.17, 15) is 19.8 Å². The molecule has 0 amide bonds. The smallest absolute Gasteiger partial charge is 0.333 e. The third-order valence-corrected chi connectivity index (χ3v) is 5.81. The van der Waals surface area contributed by atoms with Gasteiger partial charge in [0.1, 0.15) is 0 Å². The first kappa shape index (κ1) is 24.5. The molecule has 0 aliphatic rings. The second kappa shape index (κ2) is 10.6. The monoisotopic (exact) mass is 370 g/mol. The third-order valence-electron chi connectivity index (χ3n) is 5.81. The Morgan fingerprint density at radius 3 is 1.58 bits per heavy atom. The predicted octanol–water partition coefficient (Wildman–Crippen LogP) is 5.70. The van der Waals surface area contributed by atoms with Crippen molar-refractivity contribution in [1.29, 1.82) is 0 Å². The van der Waals surface area contributed by atoms with Crippen LogP contribution in [0.2, 0.25) is 0 Å². The molecule has 0 heterocycles. The number of carbonyl (C=O) groups is 2. The maximum atomic E-state index is 12.3. The van der Waals surface area contributed by atoms with Gasteiger partial charge in [-0.15, -0.1) is 0 Å². The molecule has 2 N–H and O–H groups in total. The summed E-state index contributed by atoms with van der Waals surface area (Å²) in [6.07, 6.45) is 6.92. The minimum Gasteiger partial charge on any atom is -0.479 e. The number of aliphatic carboxylic acids is 2. The lowest BCUT2D eigenvalue weighted by Crippen LogP contribution is -2.51. The number of carboxylic acid groups (broad SMARTS) is 2. The summed E-state index contributed by atoms with van der Waals surface area (Å²) in [5.74, 6) is -2.10. The van der Waals surface area contributed by atoms with Gasteiger partial charge in [0, 0.05) is 5.41 Å². The van der Waals surface area contributed by atoms with Crippen LogP contribution in [-0.4, -0.2) is 33.2 Å². The zero-order valence-electron chi connectivity index (χ0n) is 17.5. The van der Waals surface area contributed by atoms with Crippen molar-refractivity contribution in [1.82, 2.24) is 0 Å². The molecular formula is C20H38N2O4. The Hall–Kier alpha value is -1.46. The van der Waals surface area contributed by atoms with Gasteiger partial charge in [-0.2, -0.15) is 10.2 Å². The molecule has 0 saturated carbocycles. The highest BCUT2D eigenvalue weighted by atomic mass is 16.4. The van der Waals surface area contributed by atoms with Gasteiger partial charge in [-0.1, -0.05) is 59.8 Å². The molecule has 0 aromatic carbocycles.